The topological polar surface area (TPSA) is 92.9 Å². The fourth-order valence-corrected chi connectivity index (χ4v) is 5.32. The summed E-state index contributed by atoms with van der Waals surface area (Å²) in [4.78, 5) is 20.4. The van der Waals surface area contributed by atoms with Crippen molar-refractivity contribution in [2.45, 2.75) is 50.5 Å². The lowest BCUT2D eigenvalue weighted by atomic mass is 9.70. The fourth-order valence-electron chi connectivity index (χ4n) is 5.32. The highest BCUT2D eigenvalue weighted by Gasteiger charge is 2.80. The van der Waals surface area contributed by atoms with Gasteiger partial charge in [-0.25, -0.2) is 18.7 Å². The Morgan fingerprint density at radius 3 is 2.59 bits per heavy atom. The van der Waals surface area contributed by atoms with Gasteiger partial charge in [-0.05, 0) is 44.2 Å². The van der Waals surface area contributed by atoms with Gasteiger partial charge < -0.3 is 16.4 Å². The van der Waals surface area contributed by atoms with Crippen molar-refractivity contribution in [1.82, 2.24) is 9.97 Å². The van der Waals surface area contributed by atoms with E-state index in [0.717, 1.165) is 18.5 Å². The summed E-state index contributed by atoms with van der Waals surface area (Å²) in [5.74, 6) is -2.56. The highest BCUT2D eigenvalue weighted by Crippen LogP contribution is 2.80. The predicted octanol–water partition coefficient (Wildman–Crippen LogP) is 4.09. The van der Waals surface area contributed by atoms with Crippen molar-refractivity contribution in [2.75, 3.05) is 10.6 Å². The van der Waals surface area contributed by atoms with Crippen LogP contribution in [0.3, 0.4) is 0 Å². The molecule has 0 radical (unpaired) electrons. The van der Waals surface area contributed by atoms with Crippen LogP contribution in [0.5, 0.6) is 0 Å². The first-order chi connectivity index (χ1) is 13.9. The van der Waals surface area contributed by atoms with Crippen molar-refractivity contribution in [3.8, 4) is 0 Å². The molecule has 8 heteroatoms. The smallest absolute Gasteiger partial charge is 0.271 e. The largest absolute Gasteiger partial charge is 0.365 e. The Hall–Kier alpha value is -2.77. The predicted molar refractivity (Wildman–Crippen MR) is 105 cm³/mol. The minimum atomic E-state index is -2.58. The van der Waals surface area contributed by atoms with Gasteiger partial charge in [0.1, 0.15) is 5.82 Å². The number of nitrogens with one attached hydrogen (secondary N) is 2. The van der Waals surface area contributed by atoms with Crippen LogP contribution in [0.15, 0.2) is 36.5 Å². The molecule has 2 atom stereocenters. The van der Waals surface area contributed by atoms with Gasteiger partial charge in [0.2, 0.25) is 0 Å². The van der Waals surface area contributed by atoms with Crippen LogP contribution < -0.4 is 16.4 Å². The second-order valence-electron chi connectivity index (χ2n) is 8.51. The lowest BCUT2D eigenvalue weighted by Crippen LogP contribution is -2.43. The molecule has 3 aliphatic carbocycles. The maximum atomic E-state index is 14.6. The summed E-state index contributed by atoms with van der Waals surface area (Å²) in [5, 5.41) is 6.37. The van der Waals surface area contributed by atoms with Gasteiger partial charge in [0.15, 0.2) is 11.5 Å². The second kappa shape index (κ2) is 6.11. The number of hydrogen-bond donors (Lipinski definition) is 3. The average Bonchev–Trinajstić information content (AvgIpc) is 3.58. The number of nitrogens with zero attached hydrogens (tertiary/aromatic N) is 2. The van der Waals surface area contributed by atoms with Crippen molar-refractivity contribution in [1.29, 1.82) is 0 Å². The molecule has 4 N–H and O–H groups in total. The number of carbonyl (C=O) groups excluding carboxylic acids is 1. The lowest BCUT2D eigenvalue weighted by Gasteiger charge is -2.40. The number of para-hydroxylation sites is 1. The van der Waals surface area contributed by atoms with E-state index in [1.165, 1.54) is 6.20 Å². The third-order valence-corrected chi connectivity index (χ3v) is 6.96. The van der Waals surface area contributed by atoms with E-state index in [1.807, 2.05) is 30.3 Å². The van der Waals surface area contributed by atoms with Gasteiger partial charge in [-0.15, -0.1) is 0 Å². The zero-order chi connectivity index (χ0) is 20.3. The Balaban J connectivity index is 1.39. The summed E-state index contributed by atoms with van der Waals surface area (Å²) in [6.45, 7) is 0. The number of carbonyl (C=O) groups is 1. The molecule has 1 aromatic carbocycles. The summed E-state index contributed by atoms with van der Waals surface area (Å²) in [7, 11) is 0. The number of alkyl halides is 2. The number of primary amides is 1. The standard InChI is InChI=1S/C21H23F2N5O/c22-21(23)8-4-7-19(20(21)9-10-20)11-14(19)27-15-12-25-16(17(24)29)18(28-15)26-13-5-2-1-3-6-13/h1-3,5-6,12,14H,4,7-11H2,(H2,24,29)(H2,26,27,28)/t14?,19-/m1/s1. The van der Waals surface area contributed by atoms with Crippen molar-refractivity contribution >= 4 is 23.2 Å². The highest BCUT2D eigenvalue weighted by molar-refractivity contribution is 5.96. The summed E-state index contributed by atoms with van der Waals surface area (Å²) < 4.78 is 29.2. The van der Waals surface area contributed by atoms with Crippen LogP contribution in [0.2, 0.25) is 0 Å². The van der Waals surface area contributed by atoms with Gasteiger partial charge in [0, 0.05) is 29.0 Å². The van der Waals surface area contributed by atoms with Crippen LogP contribution in [0.4, 0.5) is 26.1 Å². The van der Waals surface area contributed by atoms with Gasteiger partial charge in [-0.1, -0.05) is 18.2 Å². The van der Waals surface area contributed by atoms with Gasteiger partial charge in [0.25, 0.3) is 11.8 Å². The Morgan fingerprint density at radius 1 is 1.14 bits per heavy atom. The van der Waals surface area contributed by atoms with E-state index in [1.54, 1.807) is 0 Å². The van der Waals surface area contributed by atoms with E-state index in [4.69, 9.17) is 5.73 Å². The monoisotopic (exact) mass is 399 g/mol. The summed E-state index contributed by atoms with van der Waals surface area (Å²) in [6, 6.07) is 9.22. The van der Waals surface area contributed by atoms with Gasteiger partial charge in [-0.3, -0.25) is 4.79 Å². The van der Waals surface area contributed by atoms with E-state index in [0.29, 0.717) is 25.1 Å². The van der Waals surface area contributed by atoms with E-state index in [2.05, 4.69) is 20.6 Å². The third kappa shape index (κ3) is 2.76. The molecule has 29 heavy (non-hydrogen) atoms. The minimum absolute atomic E-state index is 0.000270. The molecule has 0 bridgehead atoms. The van der Waals surface area contributed by atoms with Crippen LogP contribution in [0.1, 0.15) is 49.0 Å². The molecule has 2 aromatic rings. The first-order valence-electron chi connectivity index (χ1n) is 10.0. The van der Waals surface area contributed by atoms with Crippen LogP contribution in [-0.2, 0) is 0 Å². The van der Waals surface area contributed by atoms with Crippen LogP contribution in [0.25, 0.3) is 0 Å². The highest BCUT2D eigenvalue weighted by atomic mass is 19.3. The van der Waals surface area contributed by atoms with Crippen molar-refractivity contribution in [2.24, 2.45) is 16.6 Å². The number of hydrogen-bond acceptors (Lipinski definition) is 5. The van der Waals surface area contributed by atoms with Crippen LogP contribution in [-0.4, -0.2) is 27.8 Å². The average molecular weight is 399 g/mol. The summed E-state index contributed by atoms with van der Waals surface area (Å²) in [6.07, 6.45) is 4.75. The number of benzene rings is 1. The van der Waals surface area contributed by atoms with Crippen molar-refractivity contribution in [3.63, 3.8) is 0 Å². The molecular weight excluding hydrogens is 376 g/mol. The number of halogens is 2. The molecule has 1 heterocycles. The molecule has 5 rings (SSSR count). The quantitative estimate of drug-likeness (QED) is 0.704. The molecule has 3 fully saturated rings. The molecule has 0 saturated heterocycles. The molecule has 2 spiro atoms. The van der Waals surface area contributed by atoms with Crippen LogP contribution >= 0.6 is 0 Å². The Bertz CT molecular complexity index is 963. The van der Waals surface area contributed by atoms with E-state index in [9.17, 15) is 13.6 Å². The molecule has 152 valence electrons. The molecule has 1 aromatic heterocycles. The third-order valence-electron chi connectivity index (χ3n) is 6.96. The number of fused-ring (bicyclic) bond motifs is 1. The maximum Gasteiger partial charge on any atom is 0.271 e. The number of anilines is 3. The Kier molecular flexibility index (Phi) is 3.85. The molecule has 3 saturated carbocycles. The second-order valence-corrected chi connectivity index (χ2v) is 8.51. The SMILES string of the molecule is NC(=O)c1ncc(NC2C[C@]23CCCC(F)(F)C32CC2)nc1Nc1ccccc1. The lowest BCUT2D eigenvalue weighted by molar-refractivity contribution is -0.134. The first-order valence-corrected chi connectivity index (χ1v) is 10.0. The number of nitrogens with two attached hydrogens (primary N) is 1. The normalized spacial score (nSPS) is 28.1. The van der Waals surface area contributed by atoms with Crippen molar-refractivity contribution < 1.29 is 13.6 Å². The molecular formula is C21H23F2N5O. The molecule has 3 aliphatic rings. The van der Waals surface area contributed by atoms with Gasteiger partial charge >= 0.3 is 0 Å². The molecule has 6 nitrogen and oxygen atoms in total. The maximum absolute atomic E-state index is 14.6. The van der Waals surface area contributed by atoms with Gasteiger partial charge in [0.05, 0.1) is 6.20 Å². The molecule has 1 amide bonds. The Labute approximate surface area is 167 Å². The zero-order valence-electron chi connectivity index (χ0n) is 15.9. The van der Waals surface area contributed by atoms with E-state index < -0.39 is 17.2 Å². The number of amides is 1. The fraction of sp³-hybridized carbons (Fsp3) is 0.476. The number of rotatable bonds is 5. The van der Waals surface area contributed by atoms with E-state index >= 15 is 0 Å². The van der Waals surface area contributed by atoms with Crippen molar-refractivity contribution in [3.05, 3.63) is 42.2 Å². The number of aromatic nitrogens is 2. The zero-order valence-corrected chi connectivity index (χ0v) is 15.9. The minimum Gasteiger partial charge on any atom is -0.365 e. The van der Waals surface area contributed by atoms with E-state index in [-0.39, 0.29) is 29.4 Å². The summed E-state index contributed by atoms with van der Waals surface area (Å²) in [5.41, 5.74) is 5.01. The molecule has 0 aliphatic heterocycles. The first kappa shape index (κ1) is 18.3. The summed E-state index contributed by atoms with van der Waals surface area (Å²) >= 11 is 0. The molecule has 1 unspecified atom stereocenters. The van der Waals surface area contributed by atoms with Crippen LogP contribution in [0, 0.1) is 10.8 Å². The Morgan fingerprint density at radius 2 is 1.90 bits per heavy atom. The van der Waals surface area contributed by atoms with Gasteiger partial charge in [-0.2, -0.15) is 0 Å².